The Labute approximate surface area is 89.0 Å². The summed E-state index contributed by atoms with van der Waals surface area (Å²) in [6, 6.07) is 0.721. The lowest BCUT2D eigenvalue weighted by molar-refractivity contribution is -0.117. The summed E-state index contributed by atoms with van der Waals surface area (Å²) in [6.45, 7) is 5.45. The highest BCUT2D eigenvalue weighted by atomic mass is 16.1. The molecule has 15 heavy (non-hydrogen) atoms. The summed E-state index contributed by atoms with van der Waals surface area (Å²) in [7, 11) is 0. The van der Waals surface area contributed by atoms with Gasteiger partial charge in [-0.05, 0) is 31.4 Å². The molecule has 1 N–H and O–H groups in total. The van der Waals surface area contributed by atoms with E-state index >= 15 is 0 Å². The molecule has 1 fully saturated rings. The number of hydrogen-bond donors (Lipinski definition) is 1. The molecule has 1 aliphatic rings. The number of rotatable bonds is 3. The van der Waals surface area contributed by atoms with E-state index in [1.165, 1.54) is 11.6 Å². The van der Waals surface area contributed by atoms with Gasteiger partial charge in [-0.1, -0.05) is 6.58 Å². The molecule has 1 heterocycles. The number of carbonyl (C=O) groups excluding carboxylic acids is 1. The van der Waals surface area contributed by atoms with Gasteiger partial charge in [-0.3, -0.25) is 9.48 Å². The first-order chi connectivity index (χ1) is 7.19. The maximum absolute atomic E-state index is 11.0. The number of amides is 1. The summed E-state index contributed by atoms with van der Waals surface area (Å²) in [4.78, 5) is 11.0. The third-order valence-electron chi connectivity index (χ3n) is 2.75. The molecule has 80 valence electrons. The van der Waals surface area contributed by atoms with Crippen LogP contribution in [0.1, 0.15) is 24.4 Å². The fraction of sp³-hybridized carbons (Fsp3) is 0.455. The van der Waals surface area contributed by atoms with Gasteiger partial charge in [0.25, 0.3) is 0 Å². The van der Waals surface area contributed by atoms with Crippen molar-refractivity contribution in [2.75, 3.05) is 0 Å². The second kappa shape index (κ2) is 3.88. The fourth-order valence-electron chi connectivity index (χ4n) is 1.81. The molecule has 0 spiro atoms. The van der Waals surface area contributed by atoms with Crippen molar-refractivity contribution in [2.24, 2.45) is 0 Å². The van der Waals surface area contributed by atoms with Crippen molar-refractivity contribution >= 4 is 5.91 Å². The summed E-state index contributed by atoms with van der Waals surface area (Å²) in [5, 5.41) is 7.13. The fourth-order valence-corrected chi connectivity index (χ4v) is 1.81. The minimum absolute atomic E-state index is 0.0879. The summed E-state index contributed by atoms with van der Waals surface area (Å²) in [6.07, 6.45) is 7.12. The molecule has 1 amide bonds. The Balaban J connectivity index is 1.83. The predicted octanol–water partition coefficient (Wildman–Crippen LogP) is 1.20. The highest BCUT2D eigenvalue weighted by molar-refractivity contribution is 5.87. The lowest BCUT2D eigenvalue weighted by atomic mass is 9.87. The van der Waals surface area contributed by atoms with Crippen LogP contribution < -0.4 is 5.32 Å². The summed E-state index contributed by atoms with van der Waals surface area (Å²) in [5.74, 6) is -0.0879. The summed E-state index contributed by atoms with van der Waals surface area (Å²) >= 11 is 0. The molecule has 1 saturated carbocycles. The van der Waals surface area contributed by atoms with Crippen molar-refractivity contribution in [3.63, 3.8) is 0 Å². The monoisotopic (exact) mass is 205 g/mol. The third kappa shape index (κ3) is 2.09. The Kier molecular flexibility index (Phi) is 2.58. The zero-order valence-corrected chi connectivity index (χ0v) is 8.81. The first-order valence-electron chi connectivity index (χ1n) is 5.12. The number of hydrogen-bond acceptors (Lipinski definition) is 2. The van der Waals surface area contributed by atoms with Crippen LogP contribution in [-0.2, 0) is 4.79 Å². The Morgan fingerprint density at radius 1 is 1.73 bits per heavy atom. The predicted molar refractivity (Wildman–Crippen MR) is 57.4 cm³/mol. The number of carbonyl (C=O) groups is 1. The van der Waals surface area contributed by atoms with Crippen LogP contribution >= 0.6 is 0 Å². The van der Waals surface area contributed by atoms with E-state index in [0.717, 1.165) is 12.8 Å². The van der Waals surface area contributed by atoms with Crippen molar-refractivity contribution in [3.05, 3.63) is 30.6 Å². The molecule has 4 nitrogen and oxygen atoms in total. The molecular formula is C11H15N3O. The van der Waals surface area contributed by atoms with Crippen LogP contribution in [-0.4, -0.2) is 21.7 Å². The van der Waals surface area contributed by atoms with Crippen molar-refractivity contribution in [3.8, 4) is 0 Å². The van der Waals surface area contributed by atoms with E-state index in [4.69, 9.17) is 0 Å². The van der Waals surface area contributed by atoms with Crippen LogP contribution in [0.5, 0.6) is 0 Å². The molecule has 1 aliphatic carbocycles. The number of aryl methyl sites for hydroxylation is 1. The Morgan fingerprint density at radius 3 is 3.00 bits per heavy atom. The highest BCUT2D eigenvalue weighted by Crippen LogP contribution is 2.31. The smallest absolute Gasteiger partial charge is 0.243 e. The van der Waals surface area contributed by atoms with Crippen molar-refractivity contribution in [1.82, 2.24) is 15.1 Å². The lowest BCUT2D eigenvalue weighted by Crippen LogP contribution is -2.44. The zero-order valence-electron chi connectivity index (χ0n) is 8.81. The molecule has 0 unspecified atom stereocenters. The molecule has 0 bridgehead atoms. The molecular weight excluding hydrogens is 190 g/mol. The van der Waals surface area contributed by atoms with E-state index in [2.05, 4.69) is 17.0 Å². The normalized spacial score (nSPS) is 24.3. The first kappa shape index (κ1) is 9.96. The zero-order chi connectivity index (χ0) is 10.8. The van der Waals surface area contributed by atoms with Gasteiger partial charge in [0.2, 0.25) is 5.91 Å². The van der Waals surface area contributed by atoms with Crippen LogP contribution in [0.2, 0.25) is 0 Å². The molecule has 0 aliphatic heterocycles. The van der Waals surface area contributed by atoms with E-state index in [1.807, 2.05) is 24.0 Å². The molecule has 4 heteroatoms. The van der Waals surface area contributed by atoms with Crippen LogP contribution in [0, 0.1) is 6.92 Å². The van der Waals surface area contributed by atoms with Gasteiger partial charge in [0.05, 0.1) is 12.2 Å². The van der Waals surface area contributed by atoms with E-state index < -0.39 is 0 Å². The van der Waals surface area contributed by atoms with Gasteiger partial charge in [-0.2, -0.15) is 5.10 Å². The quantitative estimate of drug-likeness (QED) is 0.754. The van der Waals surface area contributed by atoms with E-state index in [-0.39, 0.29) is 11.9 Å². The standard InChI is InChI=1S/C11H15N3O/c1-3-11(15)13-9-4-10(5-9)14-7-8(2)6-12-14/h3,6-7,9-10H,1,4-5H2,2H3,(H,13,15)/t9-,10+. The van der Waals surface area contributed by atoms with Gasteiger partial charge in [-0.15, -0.1) is 0 Å². The Hall–Kier alpha value is -1.58. The highest BCUT2D eigenvalue weighted by Gasteiger charge is 2.31. The first-order valence-corrected chi connectivity index (χ1v) is 5.12. The molecule has 0 radical (unpaired) electrons. The lowest BCUT2D eigenvalue weighted by Gasteiger charge is -2.35. The second-order valence-corrected chi connectivity index (χ2v) is 4.03. The van der Waals surface area contributed by atoms with E-state index in [9.17, 15) is 4.79 Å². The molecule has 0 atom stereocenters. The average Bonchev–Trinajstić information content (AvgIpc) is 2.57. The van der Waals surface area contributed by atoms with Gasteiger partial charge < -0.3 is 5.32 Å². The third-order valence-corrected chi connectivity index (χ3v) is 2.75. The number of nitrogens with one attached hydrogen (secondary N) is 1. The second-order valence-electron chi connectivity index (χ2n) is 4.03. The van der Waals surface area contributed by atoms with Gasteiger partial charge in [0.15, 0.2) is 0 Å². The van der Waals surface area contributed by atoms with Crippen molar-refractivity contribution in [2.45, 2.75) is 31.8 Å². The number of nitrogens with zero attached hydrogens (tertiary/aromatic N) is 2. The van der Waals surface area contributed by atoms with Gasteiger partial charge in [0, 0.05) is 12.2 Å². The topological polar surface area (TPSA) is 46.9 Å². The van der Waals surface area contributed by atoms with Gasteiger partial charge >= 0.3 is 0 Å². The maximum Gasteiger partial charge on any atom is 0.243 e. The van der Waals surface area contributed by atoms with E-state index in [1.54, 1.807) is 0 Å². The minimum Gasteiger partial charge on any atom is -0.350 e. The Morgan fingerprint density at radius 2 is 2.47 bits per heavy atom. The van der Waals surface area contributed by atoms with Gasteiger partial charge in [0.1, 0.15) is 0 Å². The van der Waals surface area contributed by atoms with Crippen LogP contribution in [0.25, 0.3) is 0 Å². The average molecular weight is 205 g/mol. The van der Waals surface area contributed by atoms with Crippen LogP contribution in [0.3, 0.4) is 0 Å². The van der Waals surface area contributed by atoms with Gasteiger partial charge in [-0.25, -0.2) is 0 Å². The molecule has 0 saturated heterocycles. The maximum atomic E-state index is 11.0. The SMILES string of the molecule is C=CC(=O)N[C@H]1C[C@@H](n2cc(C)cn2)C1. The van der Waals surface area contributed by atoms with E-state index in [0.29, 0.717) is 6.04 Å². The van der Waals surface area contributed by atoms with Crippen LogP contribution in [0.4, 0.5) is 0 Å². The Bertz CT molecular complexity index is 377. The van der Waals surface area contributed by atoms with Crippen molar-refractivity contribution < 1.29 is 4.79 Å². The van der Waals surface area contributed by atoms with Crippen LogP contribution in [0.15, 0.2) is 25.0 Å². The number of aromatic nitrogens is 2. The molecule has 2 rings (SSSR count). The molecule has 1 aromatic rings. The minimum atomic E-state index is -0.0879. The largest absolute Gasteiger partial charge is 0.350 e. The van der Waals surface area contributed by atoms with Crippen molar-refractivity contribution in [1.29, 1.82) is 0 Å². The summed E-state index contributed by atoms with van der Waals surface area (Å²) < 4.78 is 1.98. The molecule has 1 aromatic heterocycles. The summed E-state index contributed by atoms with van der Waals surface area (Å²) in [5.41, 5.74) is 1.17. The molecule has 0 aromatic carbocycles.